The maximum absolute atomic E-state index is 13.2. The van der Waals surface area contributed by atoms with E-state index >= 15 is 0 Å². The van der Waals surface area contributed by atoms with Gasteiger partial charge in [0, 0.05) is 25.2 Å². The normalized spacial score (nSPS) is 20.1. The van der Waals surface area contributed by atoms with Crippen molar-refractivity contribution in [1.29, 1.82) is 0 Å². The summed E-state index contributed by atoms with van der Waals surface area (Å²) in [4.78, 5) is 22.0. The minimum Gasteiger partial charge on any atom is -0.394 e. The van der Waals surface area contributed by atoms with E-state index in [1.54, 1.807) is 4.90 Å². The molecule has 142 valence electrons. The van der Waals surface area contributed by atoms with Gasteiger partial charge in [-0.05, 0) is 25.0 Å². The van der Waals surface area contributed by atoms with Crippen LogP contribution in [0.1, 0.15) is 23.2 Å². The van der Waals surface area contributed by atoms with Gasteiger partial charge in [0.1, 0.15) is 5.82 Å². The zero-order valence-corrected chi connectivity index (χ0v) is 15.4. The number of carbonyl (C=O) groups excluding carboxylic acids is 1. The Morgan fingerprint density at radius 3 is 2.63 bits per heavy atom. The Labute approximate surface area is 159 Å². The number of ether oxygens (including phenoxy) is 1. The van der Waals surface area contributed by atoms with Crippen LogP contribution < -0.4 is 4.90 Å². The fourth-order valence-electron chi connectivity index (χ4n) is 3.85. The Morgan fingerprint density at radius 2 is 1.89 bits per heavy atom. The third-order valence-electron chi connectivity index (χ3n) is 5.33. The summed E-state index contributed by atoms with van der Waals surface area (Å²) in [5.74, 6) is 0.674. The van der Waals surface area contributed by atoms with Crippen LogP contribution in [0.2, 0.25) is 0 Å². The van der Waals surface area contributed by atoms with E-state index in [0.29, 0.717) is 31.1 Å². The topological polar surface area (TPSA) is 65.9 Å². The quantitative estimate of drug-likeness (QED) is 0.897. The van der Waals surface area contributed by atoms with Gasteiger partial charge in [-0.2, -0.15) is 0 Å². The van der Waals surface area contributed by atoms with Crippen molar-refractivity contribution in [1.82, 2.24) is 9.88 Å². The van der Waals surface area contributed by atoms with Crippen LogP contribution in [-0.4, -0.2) is 66.4 Å². The molecule has 2 fully saturated rings. The predicted octanol–water partition coefficient (Wildman–Crippen LogP) is 2.18. The van der Waals surface area contributed by atoms with Crippen LogP contribution in [0.3, 0.4) is 0 Å². The van der Waals surface area contributed by atoms with Crippen LogP contribution in [0.5, 0.6) is 0 Å². The van der Waals surface area contributed by atoms with Crippen molar-refractivity contribution in [3.8, 4) is 11.3 Å². The highest BCUT2D eigenvalue weighted by molar-refractivity contribution is 5.99. The molecule has 4 rings (SSSR count). The second kappa shape index (κ2) is 8.06. The van der Waals surface area contributed by atoms with Gasteiger partial charge in [-0.25, -0.2) is 4.98 Å². The largest absolute Gasteiger partial charge is 0.394 e. The van der Waals surface area contributed by atoms with Crippen molar-refractivity contribution in [2.24, 2.45) is 0 Å². The third kappa shape index (κ3) is 3.68. The van der Waals surface area contributed by atoms with Crippen molar-refractivity contribution in [2.45, 2.75) is 18.9 Å². The number of hydrogen-bond acceptors (Lipinski definition) is 5. The van der Waals surface area contributed by atoms with Gasteiger partial charge >= 0.3 is 0 Å². The molecule has 1 aromatic carbocycles. The van der Waals surface area contributed by atoms with Gasteiger partial charge in [-0.1, -0.05) is 30.3 Å². The lowest BCUT2D eigenvalue weighted by atomic mass is 10.1. The molecule has 2 aliphatic rings. The number of amides is 1. The maximum atomic E-state index is 13.2. The Kier molecular flexibility index (Phi) is 5.36. The summed E-state index contributed by atoms with van der Waals surface area (Å²) in [5.41, 5.74) is 2.49. The molecule has 1 amide bonds. The first-order chi connectivity index (χ1) is 13.3. The van der Waals surface area contributed by atoms with Crippen LogP contribution in [0.15, 0.2) is 42.5 Å². The molecule has 6 heteroatoms. The summed E-state index contributed by atoms with van der Waals surface area (Å²) >= 11 is 0. The van der Waals surface area contributed by atoms with E-state index in [1.165, 1.54) is 0 Å². The first kappa shape index (κ1) is 17.9. The number of aliphatic hydroxyl groups is 1. The Hall–Kier alpha value is -2.44. The predicted molar refractivity (Wildman–Crippen MR) is 104 cm³/mol. The fourth-order valence-corrected chi connectivity index (χ4v) is 3.85. The van der Waals surface area contributed by atoms with Gasteiger partial charge in [0.15, 0.2) is 0 Å². The number of anilines is 1. The lowest BCUT2D eigenvalue weighted by Gasteiger charge is -2.31. The Morgan fingerprint density at radius 1 is 1.11 bits per heavy atom. The van der Waals surface area contributed by atoms with Gasteiger partial charge in [0.2, 0.25) is 0 Å². The summed E-state index contributed by atoms with van der Waals surface area (Å²) in [6.07, 6.45) is 1.78. The fraction of sp³-hybridized carbons (Fsp3) is 0.429. The molecule has 1 N–H and O–H groups in total. The van der Waals surface area contributed by atoms with Crippen molar-refractivity contribution < 1.29 is 14.6 Å². The van der Waals surface area contributed by atoms with Gasteiger partial charge in [0.25, 0.3) is 5.91 Å². The van der Waals surface area contributed by atoms with Crippen molar-refractivity contribution in [3.63, 3.8) is 0 Å². The SMILES string of the molecule is O=C(c1ccc(-c2ccccc2)nc1N1CCOCC1)N1CCC[C@H]1CO. The van der Waals surface area contributed by atoms with Gasteiger partial charge < -0.3 is 19.6 Å². The van der Waals surface area contributed by atoms with E-state index in [4.69, 9.17) is 9.72 Å². The number of aliphatic hydroxyl groups excluding tert-OH is 1. The number of benzene rings is 1. The molecule has 0 unspecified atom stereocenters. The molecule has 0 spiro atoms. The number of hydrogen-bond donors (Lipinski definition) is 1. The molecule has 0 aliphatic carbocycles. The van der Waals surface area contributed by atoms with Crippen molar-refractivity contribution >= 4 is 11.7 Å². The standard InChI is InChI=1S/C21H25N3O3/c25-15-17-7-4-10-24(17)21(26)18-8-9-19(16-5-2-1-3-6-16)22-20(18)23-11-13-27-14-12-23/h1-3,5-6,8-9,17,25H,4,7,10-15H2/t17-/m0/s1. The van der Waals surface area contributed by atoms with Crippen LogP contribution in [0.4, 0.5) is 5.82 Å². The van der Waals surface area contributed by atoms with E-state index in [9.17, 15) is 9.90 Å². The first-order valence-electron chi connectivity index (χ1n) is 9.59. The highest BCUT2D eigenvalue weighted by Crippen LogP contribution is 2.28. The number of carbonyl (C=O) groups is 1. The molecule has 3 heterocycles. The molecule has 2 aromatic rings. The summed E-state index contributed by atoms with van der Waals surface area (Å²) in [7, 11) is 0. The monoisotopic (exact) mass is 367 g/mol. The molecule has 1 aromatic heterocycles. The minimum absolute atomic E-state index is 0.00809. The van der Waals surface area contributed by atoms with Crippen LogP contribution in [-0.2, 0) is 4.74 Å². The molecule has 0 bridgehead atoms. The van der Waals surface area contributed by atoms with Crippen molar-refractivity contribution in [2.75, 3.05) is 44.4 Å². The molecular formula is C21H25N3O3. The molecule has 2 aliphatic heterocycles. The number of morpholine rings is 1. The maximum Gasteiger partial charge on any atom is 0.257 e. The molecule has 0 saturated carbocycles. The number of rotatable bonds is 4. The van der Waals surface area contributed by atoms with E-state index in [-0.39, 0.29) is 18.6 Å². The van der Waals surface area contributed by atoms with E-state index in [2.05, 4.69) is 4.90 Å². The second-order valence-electron chi connectivity index (χ2n) is 7.01. The summed E-state index contributed by atoms with van der Waals surface area (Å²) < 4.78 is 5.47. The lowest BCUT2D eigenvalue weighted by molar-refractivity contribution is 0.0676. The number of aromatic nitrogens is 1. The van der Waals surface area contributed by atoms with Crippen molar-refractivity contribution in [3.05, 3.63) is 48.0 Å². The van der Waals surface area contributed by atoms with Crippen LogP contribution in [0, 0.1) is 0 Å². The lowest BCUT2D eigenvalue weighted by Crippen LogP contribution is -2.41. The smallest absolute Gasteiger partial charge is 0.257 e. The van der Waals surface area contributed by atoms with Gasteiger partial charge in [-0.15, -0.1) is 0 Å². The Bertz CT molecular complexity index is 791. The van der Waals surface area contributed by atoms with E-state index in [0.717, 1.165) is 37.2 Å². The third-order valence-corrected chi connectivity index (χ3v) is 5.33. The molecule has 0 radical (unpaired) electrons. The molecule has 27 heavy (non-hydrogen) atoms. The first-order valence-corrected chi connectivity index (χ1v) is 9.59. The van der Waals surface area contributed by atoms with E-state index < -0.39 is 0 Å². The van der Waals surface area contributed by atoms with Crippen LogP contribution in [0.25, 0.3) is 11.3 Å². The number of pyridine rings is 1. The summed E-state index contributed by atoms with van der Waals surface area (Å²) in [6, 6.07) is 13.7. The zero-order valence-electron chi connectivity index (χ0n) is 15.4. The van der Waals surface area contributed by atoms with E-state index in [1.807, 2.05) is 42.5 Å². The second-order valence-corrected chi connectivity index (χ2v) is 7.01. The van der Waals surface area contributed by atoms with Gasteiger partial charge in [-0.3, -0.25) is 4.79 Å². The Balaban J connectivity index is 1.72. The van der Waals surface area contributed by atoms with Gasteiger partial charge in [0.05, 0.1) is 37.1 Å². The summed E-state index contributed by atoms with van der Waals surface area (Å²) in [6.45, 7) is 3.40. The average molecular weight is 367 g/mol. The minimum atomic E-state index is -0.0937. The molecular weight excluding hydrogens is 342 g/mol. The number of nitrogens with zero attached hydrogens (tertiary/aromatic N) is 3. The van der Waals surface area contributed by atoms with Crippen LogP contribution >= 0.6 is 0 Å². The molecule has 1 atom stereocenters. The average Bonchev–Trinajstić information content (AvgIpc) is 3.23. The highest BCUT2D eigenvalue weighted by Gasteiger charge is 2.31. The molecule has 2 saturated heterocycles. The molecule has 6 nitrogen and oxygen atoms in total. The number of likely N-dealkylation sites (tertiary alicyclic amines) is 1. The zero-order chi connectivity index (χ0) is 18.6. The summed E-state index contributed by atoms with van der Waals surface area (Å²) in [5, 5.41) is 9.61. The highest BCUT2D eigenvalue weighted by atomic mass is 16.5.